The number of esters is 1. The van der Waals surface area contributed by atoms with Crippen molar-refractivity contribution in [3.8, 4) is 0 Å². The van der Waals surface area contributed by atoms with E-state index in [1.807, 2.05) is 11.0 Å². The zero-order chi connectivity index (χ0) is 19.3. The molecule has 1 N–H and O–H groups in total. The molecule has 0 aromatic carbocycles. The second-order valence-electron chi connectivity index (χ2n) is 7.69. The van der Waals surface area contributed by atoms with Gasteiger partial charge in [0.25, 0.3) is 0 Å². The summed E-state index contributed by atoms with van der Waals surface area (Å²) in [6.45, 7) is 6.19. The van der Waals surface area contributed by atoms with Gasteiger partial charge in [-0.25, -0.2) is 4.79 Å². The Kier molecular flexibility index (Phi) is 6.55. The normalized spacial score (nSPS) is 23.8. The number of carbonyl (C=O) groups excluding carboxylic acids is 2. The van der Waals surface area contributed by atoms with Crippen molar-refractivity contribution in [3.05, 3.63) is 23.7 Å². The minimum atomic E-state index is -0.427. The first-order valence-electron chi connectivity index (χ1n) is 9.92. The molecule has 2 fully saturated rings. The molecule has 3 heterocycles. The van der Waals surface area contributed by atoms with Gasteiger partial charge in [-0.3, -0.25) is 9.69 Å². The summed E-state index contributed by atoms with van der Waals surface area (Å²) < 4.78 is 10.6. The molecule has 3 rings (SSSR count). The van der Waals surface area contributed by atoms with Crippen LogP contribution in [0, 0.1) is 5.41 Å². The SMILES string of the molecule is CCOC(=O)c1ccc(CN2CCC[C@@]3(CCC(=O)N(CCCO)C3)C2)o1. The number of amides is 1. The highest BCUT2D eigenvalue weighted by Gasteiger charge is 2.41. The van der Waals surface area contributed by atoms with Gasteiger partial charge in [0, 0.05) is 38.1 Å². The average Bonchev–Trinajstić information content (AvgIpc) is 3.12. The zero-order valence-corrected chi connectivity index (χ0v) is 16.1. The number of piperidine rings is 2. The molecule has 0 unspecified atom stereocenters. The van der Waals surface area contributed by atoms with Gasteiger partial charge in [0.2, 0.25) is 11.7 Å². The summed E-state index contributed by atoms with van der Waals surface area (Å²) in [7, 11) is 0. The quantitative estimate of drug-likeness (QED) is 0.731. The van der Waals surface area contributed by atoms with Crippen molar-refractivity contribution >= 4 is 11.9 Å². The number of hydrogen-bond acceptors (Lipinski definition) is 6. The topological polar surface area (TPSA) is 83.2 Å². The summed E-state index contributed by atoms with van der Waals surface area (Å²) in [5.74, 6) is 0.789. The third-order valence-corrected chi connectivity index (χ3v) is 5.59. The second kappa shape index (κ2) is 8.89. The van der Waals surface area contributed by atoms with Crippen LogP contribution in [-0.4, -0.2) is 66.2 Å². The minimum Gasteiger partial charge on any atom is -0.460 e. The van der Waals surface area contributed by atoms with Crippen molar-refractivity contribution in [1.29, 1.82) is 0 Å². The lowest BCUT2D eigenvalue weighted by atomic mass is 9.73. The number of nitrogens with zero attached hydrogens (tertiary/aromatic N) is 2. The van der Waals surface area contributed by atoms with E-state index in [0.717, 1.165) is 44.7 Å². The highest BCUT2D eigenvalue weighted by molar-refractivity contribution is 5.86. The predicted octanol–water partition coefficient (Wildman–Crippen LogP) is 2.04. The van der Waals surface area contributed by atoms with Gasteiger partial charge in [-0.2, -0.15) is 0 Å². The molecule has 0 saturated carbocycles. The van der Waals surface area contributed by atoms with Crippen molar-refractivity contribution in [3.63, 3.8) is 0 Å². The molecular weight excluding hydrogens is 348 g/mol. The Bertz CT molecular complexity index is 659. The highest BCUT2D eigenvalue weighted by Crippen LogP contribution is 2.39. The summed E-state index contributed by atoms with van der Waals surface area (Å²) in [6, 6.07) is 3.51. The first-order chi connectivity index (χ1) is 13.0. The lowest BCUT2D eigenvalue weighted by Gasteiger charge is -2.48. The maximum atomic E-state index is 12.2. The van der Waals surface area contributed by atoms with Crippen molar-refractivity contribution in [2.24, 2.45) is 5.41 Å². The van der Waals surface area contributed by atoms with Crippen LogP contribution in [0.5, 0.6) is 0 Å². The number of aliphatic hydroxyl groups is 1. The molecule has 1 aromatic heterocycles. The molecule has 7 heteroatoms. The molecule has 150 valence electrons. The maximum Gasteiger partial charge on any atom is 0.374 e. The van der Waals surface area contributed by atoms with Gasteiger partial charge >= 0.3 is 5.97 Å². The lowest BCUT2D eigenvalue weighted by Crippen LogP contribution is -2.54. The van der Waals surface area contributed by atoms with Gasteiger partial charge in [-0.1, -0.05) is 0 Å². The minimum absolute atomic E-state index is 0.115. The molecule has 27 heavy (non-hydrogen) atoms. The summed E-state index contributed by atoms with van der Waals surface area (Å²) in [5, 5.41) is 9.08. The zero-order valence-electron chi connectivity index (χ0n) is 16.1. The number of hydrogen-bond donors (Lipinski definition) is 1. The van der Waals surface area contributed by atoms with Crippen LogP contribution in [0.2, 0.25) is 0 Å². The summed E-state index contributed by atoms with van der Waals surface area (Å²) >= 11 is 0. The van der Waals surface area contributed by atoms with Gasteiger partial charge in [0.15, 0.2) is 0 Å². The van der Waals surface area contributed by atoms with E-state index in [-0.39, 0.29) is 23.7 Å². The molecule has 2 saturated heterocycles. The van der Waals surface area contributed by atoms with E-state index in [1.165, 1.54) is 0 Å². The number of furan rings is 1. The summed E-state index contributed by atoms with van der Waals surface area (Å²) in [6.07, 6.45) is 4.36. The van der Waals surface area contributed by atoms with Gasteiger partial charge in [0.1, 0.15) is 5.76 Å². The van der Waals surface area contributed by atoms with E-state index >= 15 is 0 Å². The molecule has 7 nitrogen and oxygen atoms in total. The largest absolute Gasteiger partial charge is 0.460 e. The number of aliphatic hydroxyl groups excluding tert-OH is 1. The van der Waals surface area contributed by atoms with E-state index in [4.69, 9.17) is 14.3 Å². The molecule has 0 aliphatic carbocycles. The lowest BCUT2D eigenvalue weighted by molar-refractivity contribution is -0.139. The second-order valence-corrected chi connectivity index (χ2v) is 7.69. The monoisotopic (exact) mass is 378 g/mol. The molecule has 2 aliphatic heterocycles. The van der Waals surface area contributed by atoms with Crippen LogP contribution >= 0.6 is 0 Å². The van der Waals surface area contributed by atoms with Gasteiger partial charge in [-0.15, -0.1) is 0 Å². The van der Waals surface area contributed by atoms with Crippen LogP contribution in [0.4, 0.5) is 0 Å². The fourth-order valence-electron chi connectivity index (χ4n) is 4.34. The van der Waals surface area contributed by atoms with Crippen LogP contribution in [0.25, 0.3) is 0 Å². The smallest absolute Gasteiger partial charge is 0.374 e. The van der Waals surface area contributed by atoms with E-state index in [1.54, 1.807) is 13.0 Å². The molecule has 0 bridgehead atoms. The van der Waals surface area contributed by atoms with Crippen molar-refractivity contribution in [2.45, 2.75) is 45.6 Å². The third kappa shape index (κ3) is 4.90. The Labute approximate surface area is 160 Å². The average molecular weight is 378 g/mol. The number of ether oxygens (including phenoxy) is 1. The Morgan fingerprint density at radius 2 is 2.19 bits per heavy atom. The Hall–Kier alpha value is -1.86. The number of carbonyl (C=O) groups is 2. The molecule has 1 spiro atoms. The van der Waals surface area contributed by atoms with Gasteiger partial charge in [-0.05, 0) is 51.3 Å². The van der Waals surface area contributed by atoms with Crippen molar-refractivity contribution in [1.82, 2.24) is 9.80 Å². The molecule has 1 amide bonds. The predicted molar refractivity (Wildman–Crippen MR) is 99.1 cm³/mol. The van der Waals surface area contributed by atoms with E-state index in [0.29, 0.717) is 32.5 Å². The van der Waals surface area contributed by atoms with Crippen molar-refractivity contribution < 1.29 is 23.8 Å². The number of likely N-dealkylation sites (tertiary alicyclic amines) is 2. The molecule has 2 aliphatic rings. The van der Waals surface area contributed by atoms with Crippen LogP contribution in [0.15, 0.2) is 16.5 Å². The standard InChI is InChI=1S/C20H30N2O5/c1-2-26-19(25)17-6-5-16(27-17)13-21-10-3-8-20(14-21)9-7-18(24)22(15-20)11-4-12-23/h5-6,23H,2-4,7-15H2,1H3/t20-/m1/s1. The third-order valence-electron chi connectivity index (χ3n) is 5.59. The van der Waals surface area contributed by atoms with E-state index in [2.05, 4.69) is 4.90 Å². The molecular formula is C20H30N2O5. The number of rotatable bonds is 7. The maximum absolute atomic E-state index is 12.2. The van der Waals surface area contributed by atoms with Crippen LogP contribution in [-0.2, 0) is 16.1 Å². The highest BCUT2D eigenvalue weighted by atomic mass is 16.5. The van der Waals surface area contributed by atoms with Crippen LogP contribution < -0.4 is 0 Å². The first kappa shape index (κ1) is 19.9. The van der Waals surface area contributed by atoms with Crippen LogP contribution in [0.1, 0.15) is 55.3 Å². The first-order valence-corrected chi connectivity index (χ1v) is 9.92. The fourth-order valence-corrected chi connectivity index (χ4v) is 4.34. The molecule has 1 aromatic rings. The Morgan fingerprint density at radius 3 is 2.96 bits per heavy atom. The van der Waals surface area contributed by atoms with E-state index < -0.39 is 5.97 Å². The Morgan fingerprint density at radius 1 is 1.33 bits per heavy atom. The molecule has 0 radical (unpaired) electrons. The Balaban J connectivity index is 1.60. The summed E-state index contributed by atoms with van der Waals surface area (Å²) in [5.41, 5.74) is 0.123. The van der Waals surface area contributed by atoms with Gasteiger partial charge in [0.05, 0.1) is 13.2 Å². The molecule has 1 atom stereocenters. The summed E-state index contributed by atoms with van der Waals surface area (Å²) in [4.78, 5) is 28.2. The van der Waals surface area contributed by atoms with Crippen LogP contribution in [0.3, 0.4) is 0 Å². The van der Waals surface area contributed by atoms with Gasteiger partial charge < -0.3 is 19.2 Å². The van der Waals surface area contributed by atoms with E-state index in [9.17, 15) is 9.59 Å². The fraction of sp³-hybridized carbons (Fsp3) is 0.700. The van der Waals surface area contributed by atoms with Crippen molar-refractivity contribution in [2.75, 3.05) is 39.4 Å².